The van der Waals surface area contributed by atoms with Gasteiger partial charge >= 0.3 is 0 Å². The normalized spacial score (nSPS) is 22.5. The zero-order chi connectivity index (χ0) is 12.4. The number of carbonyl (C=O) groups excluding carboxylic acids is 1. The summed E-state index contributed by atoms with van der Waals surface area (Å²) in [6.07, 6.45) is 3.22. The fourth-order valence-corrected chi connectivity index (χ4v) is 3.33. The zero-order valence-electron chi connectivity index (χ0n) is 9.86. The Hall–Kier alpha value is -0.580. The van der Waals surface area contributed by atoms with E-state index >= 15 is 0 Å². The van der Waals surface area contributed by atoms with E-state index in [0.717, 1.165) is 25.8 Å². The molecule has 0 aliphatic carbocycles. The summed E-state index contributed by atoms with van der Waals surface area (Å²) in [7, 11) is 0. The second kappa shape index (κ2) is 5.38. The van der Waals surface area contributed by atoms with Crippen LogP contribution in [-0.4, -0.2) is 29.4 Å². The standard InChI is InChI=1S/C12H17ClN2OS/c1-8(14)9-4-2-3-7-15(9)12(16)10-5-6-11(13)17-10/h5-6,8-9H,2-4,7,14H2,1H3. The molecule has 1 amide bonds. The van der Waals surface area contributed by atoms with Crippen LogP contribution in [0.5, 0.6) is 0 Å². The Morgan fingerprint density at radius 2 is 2.35 bits per heavy atom. The number of piperidine rings is 1. The second-order valence-electron chi connectivity index (χ2n) is 4.52. The first-order valence-corrected chi connectivity index (χ1v) is 7.11. The monoisotopic (exact) mass is 272 g/mol. The predicted molar refractivity (Wildman–Crippen MR) is 71.7 cm³/mol. The number of hydrogen-bond donors (Lipinski definition) is 1. The van der Waals surface area contributed by atoms with Crippen molar-refractivity contribution in [3.05, 3.63) is 21.3 Å². The van der Waals surface area contributed by atoms with E-state index in [1.807, 2.05) is 11.8 Å². The van der Waals surface area contributed by atoms with E-state index in [1.165, 1.54) is 11.3 Å². The van der Waals surface area contributed by atoms with Crippen molar-refractivity contribution in [3.63, 3.8) is 0 Å². The molecule has 94 valence electrons. The van der Waals surface area contributed by atoms with Crippen molar-refractivity contribution in [2.45, 2.75) is 38.3 Å². The molecule has 2 unspecified atom stereocenters. The molecular weight excluding hydrogens is 256 g/mol. The Balaban J connectivity index is 2.16. The molecule has 3 nitrogen and oxygen atoms in total. The smallest absolute Gasteiger partial charge is 0.264 e. The maximum Gasteiger partial charge on any atom is 0.264 e. The molecule has 0 saturated carbocycles. The lowest BCUT2D eigenvalue weighted by Gasteiger charge is -2.37. The Kier molecular flexibility index (Phi) is 4.07. The summed E-state index contributed by atoms with van der Waals surface area (Å²) in [6.45, 7) is 2.78. The number of amides is 1. The van der Waals surface area contributed by atoms with Crippen LogP contribution < -0.4 is 5.73 Å². The minimum absolute atomic E-state index is 0.0229. The summed E-state index contributed by atoms with van der Waals surface area (Å²) in [5, 5.41) is 0. The van der Waals surface area contributed by atoms with Crippen LogP contribution in [-0.2, 0) is 0 Å². The Morgan fingerprint density at radius 1 is 1.59 bits per heavy atom. The molecule has 1 fully saturated rings. The van der Waals surface area contributed by atoms with Crippen molar-refractivity contribution >= 4 is 28.8 Å². The van der Waals surface area contributed by atoms with Gasteiger partial charge in [0.2, 0.25) is 0 Å². The lowest BCUT2D eigenvalue weighted by atomic mass is 9.97. The molecule has 1 aromatic heterocycles. The summed E-state index contributed by atoms with van der Waals surface area (Å²) in [5.41, 5.74) is 5.96. The quantitative estimate of drug-likeness (QED) is 0.900. The van der Waals surface area contributed by atoms with E-state index in [2.05, 4.69) is 0 Å². The van der Waals surface area contributed by atoms with Gasteiger partial charge in [0.05, 0.1) is 9.21 Å². The van der Waals surface area contributed by atoms with Gasteiger partial charge in [0.25, 0.3) is 5.91 Å². The van der Waals surface area contributed by atoms with Crippen molar-refractivity contribution in [2.75, 3.05) is 6.54 Å². The van der Waals surface area contributed by atoms with Crippen molar-refractivity contribution in [1.29, 1.82) is 0 Å². The minimum Gasteiger partial charge on any atom is -0.333 e. The molecule has 2 heterocycles. The van der Waals surface area contributed by atoms with E-state index in [0.29, 0.717) is 9.21 Å². The van der Waals surface area contributed by atoms with Crippen LogP contribution in [0.2, 0.25) is 4.34 Å². The predicted octanol–water partition coefficient (Wildman–Crippen LogP) is 2.74. The third-order valence-electron chi connectivity index (χ3n) is 3.20. The lowest BCUT2D eigenvalue weighted by Crippen LogP contribution is -2.51. The number of rotatable bonds is 2. The molecule has 0 aromatic carbocycles. The molecule has 1 saturated heterocycles. The van der Waals surface area contributed by atoms with E-state index in [4.69, 9.17) is 17.3 Å². The van der Waals surface area contributed by atoms with Crippen LogP contribution in [0.4, 0.5) is 0 Å². The van der Waals surface area contributed by atoms with Crippen LogP contribution >= 0.6 is 22.9 Å². The largest absolute Gasteiger partial charge is 0.333 e. The van der Waals surface area contributed by atoms with Gasteiger partial charge < -0.3 is 10.6 Å². The highest BCUT2D eigenvalue weighted by Gasteiger charge is 2.30. The average Bonchev–Trinajstić information content (AvgIpc) is 2.75. The number of hydrogen-bond acceptors (Lipinski definition) is 3. The van der Waals surface area contributed by atoms with Gasteiger partial charge in [-0.15, -0.1) is 11.3 Å². The number of likely N-dealkylation sites (tertiary alicyclic amines) is 1. The molecule has 0 bridgehead atoms. The molecule has 1 aromatic rings. The van der Waals surface area contributed by atoms with Crippen LogP contribution in [0.15, 0.2) is 12.1 Å². The highest BCUT2D eigenvalue weighted by molar-refractivity contribution is 7.17. The van der Waals surface area contributed by atoms with Crippen LogP contribution in [0.25, 0.3) is 0 Å². The number of thiophene rings is 1. The molecule has 1 aliphatic rings. The van der Waals surface area contributed by atoms with E-state index < -0.39 is 0 Å². The number of carbonyl (C=O) groups is 1. The number of nitrogens with zero attached hydrogens (tertiary/aromatic N) is 1. The van der Waals surface area contributed by atoms with Gasteiger partial charge in [0.1, 0.15) is 0 Å². The van der Waals surface area contributed by atoms with Crippen LogP contribution in [0.1, 0.15) is 35.9 Å². The van der Waals surface area contributed by atoms with Crippen LogP contribution in [0.3, 0.4) is 0 Å². The van der Waals surface area contributed by atoms with Gasteiger partial charge in [-0.1, -0.05) is 11.6 Å². The van der Waals surface area contributed by atoms with Gasteiger partial charge in [0.15, 0.2) is 0 Å². The number of halogens is 1. The van der Waals surface area contributed by atoms with E-state index in [-0.39, 0.29) is 18.0 Å². The summed E-state index contributed by atoms with van der Waals surface area (Å²) < 4.78 is 0.655. The van der Waals surface area contributed by atoms with Gasteiger partial charge in [-0.05, 0) is 38.3 Å². The molecule has 1 aliphatic heterocycles. The fraction of sp³-hybridized carbons (Fsp3) is 0.583. The third kappa shape index (κ3) is 2.81. The van der Waals surface area contributed by atoms with E-state index in [1.54, 1.807) is 12.1 Å². The third-order valence-corrected chi connectivity index (χ3v) is 4.42. The highest BCUT2D eigenvalue weighted by atomic mass is 35.5. The van der Waals surface area contributed by atoms with Crippen LogP contribution in [0, 0.1) is 0 Å². The molecule has 17 heavy (non-hydrogen) atoms. The summed E-state index contributed by atoms with van der Waals surface area (Å²) in [4.78, 5) is 15.0. The summed E-state index contributed by atoms with van der Waals surface area (Å²) in [6, 6.07) is 3.75. The topological polar surface area (TPSA) is 46.3 Å². The van der Waals surface area contributed by atoms with Crippen molar-refractivity contribution < 1.29 is 4.79 Å². The first-order valence-electron chi connectivity index (χ1n) is 5.91. The van der Waals surface area contributed by atoms with Gasteiger partial charge in [-0.2, -0.15) is 0 Å². The molecule has 0 radical (unpaired) electrons. The second-order valence-corrected chi connectivity index (χ2v) is 6.24. The summed E-state index contributed by atoms with van der Waals surface area (Å²) in [5.74, 6) is 0.0731. The molecule has 5 heteroatoms. The van der Waals surface area contributed by atoms with Crippen molar-refractivity contribution in [2.24, 2.45) is 5.73 Å². The highest BCUT2D eigenvalue weighted by Crippen LogP contribution is 2.26. The van der Waals surface area contributed by atoms with E-state index in [9.17, 15) is 4.79 Å². The maximum atomic E-state index is 12.4. The Bertz CT molecular complexity index is 405. The molecule has 0 spiro atoms. The summed E-state index contributed by atoms with van der Waals surface area (Å²) >= 11 is 7.20. The molecule has 2 atom stereocenters. The van der Waals surface area contributed by atoms with Gasteiger partial charge in [0, 0.05) is 18.6 Å². The first kappa shape index (κ1) is 12.9. The zero-order valence-corrected chi connectivity index (χ0v) is 11.4. The number of nitrogens with two attached hydrogens (primary N) is 1. The first-order chi connectivity index (χ1) is 8.09. The molecule has 2 rings (SSSR count). The SMILES string of the molecule is CC(N)C1CCCCN1C(=O)c1ccc(Cl)s1. The maximum absolute atomic E-state index is 12.4. The fourth-order valence-electron chi connectivity index (χ4n) is 2.33. The van der Waals surface area contributed by atoms with Crippen molar-refractivity contribution in [3.8, 4) is 0 Å². The average molecular weight is 273 g/mol. The van der Waals surface area contributed by atoms with Gasteiger partial charge in [-0.3, -0.25) is 4.79 Å². The Labute approximate surface area is 111 Å². The lowest BCUT2D eigenvalue weighted by molar-refractivity contribution is 0.0589. The molecule has 2 N–H and O–H groups in total. The van der Waals surface area contributed by atoms with Crippen molar-refractivity contribution in [1.82, 2.24) is 4.90 Å². The Morgan fingerprint density at radius 3 is 2.94 bits per heavy atom. The molecular formula is C12H17ClN2OS. The minimum atomic E-state index is 0.0229. The van der Waals surface area contributed by atoms with Gasteiger partial charge in [-0.25, -0.2) is 0 Å².